The lowest BCUT2D eigenvalue weighted by Crippen LogP contribution is -2.41. The molecule has 2 aromatic carbocycles. The number of carbonyl (C=O) groups is 1. The quantitative estimate of drug-likeness (QED) is 0.671. The number of hydrogen-bond acceptors (Lipinski definition) is 5. The Labute approximate surface area is 172 Å². The molecule has 0 spiro atoms. The van der Waals surface area contributed by atoms with E-state index in [0.29, 0.717) is 19.8 Å². The van der Waals surface area contributed by atoms with E-state index < -0.39 is 0 Å². The van der Waals surface area contributed by atoms with Crippen molar-refractivity contribution in [2.24, 2.45) is 0 Å². The lowest BCUT2D eigenvalue weighted by atomic mass is 10.00. The van der Waals surface area contributed by atoms with Gasteiger partial charge in [-0.3, -0.25) is 9.69 Å². The van der Waals surface area contributed by atoms with Crippen molar-refractivity contribution in [3.8, 4) is 0 Å². The highest BCUT2D eigenvalue weighted by Gasteiger charge is 2.27. The SMILES string of the molecule is O=C(CN1CCC(OC(c2ccccc2)c2ccccc2)CC1)OC1CCOC1. The highest BCUT2D eigenvalue weighted by molar-refractivity contribution is 5.71. The van der Waals surface area contributed by atoms with Crippen molar-refractivity contribution in [1.29, 1.82) is 0 Å². The molecule has 0 bridgehead atoms. The summed E-state index contributed by atoms with van der Waals surface area (Å²) in [6, 6.07) is 20.8. The second-order valence-corrected chi connectivity index (χ2v) is 7.79. The van der Waals surface area contributed by atoms with Crippen LogP contribution in [0, 0.1) is 0 Å². The van der Waals surface area contributed by atoms with Gasteiger partial charge in [-0.1, -0.05) is 60.7 Å². The van der Waals surface area contributed by atoms with E-state index in [0.717, 1.165) is 32.4 Å². The number of nitrogens with zero attached hydrogens (tertiary/aromatic N) is 1. The molecule has 5 nitrogen and oxygen atoms in total. The Morgan fingerprint density at radius 3 is 2.10 bits per heavy atom. The van der Waals surface area contributed by atoms with Crippen LogP contribution in [0.1, 0.15) is 36.5 Å². The second-order valence-electron chi connectivity index (χ2n) is 7.79. The van der Waals surface area contributed by atoms with Crippen LogP contribution in [0.5, 0.6) is 0 Å². The van der Waals surface area contributed by atoms with E-state index in [-0.39, 0.29) is 24.3 Å². The molecule has 1 unspecified atom stereocenters. The van der Waals surface area contributed by atoms with Gasteiger partial charge in [0.15, 0.2) is 0 Å². The average Bonchev–Trinajstić information content (AvgIpc) is 3.27. The van der Waals surface area contributed by atoms with Crippen LogP contribution in [0.4, 0.5) is 0 Å². The topological polar surface area (TPSA) is 48.0 Å². The molecule has 4 rings (SSSR count). The van der Waals surface area contributed by atoms with Crippen molar-refractivity contribution in [3.05, 3.63) is 71.8 Å². The monoisotopic (exact) mass is 395 g/mol. The number of carbonyl (C=O) groups excluding carboxylic acids is 1. The molecule has 0 saturated carbocycles. The third kappa shape index (κ3) is 5.66. The Hall–Kier alpha value is -2.21. The summed E-state index contributed by atoms with van der Waals surface area (Å²) in [5, 5.41) is 0. The molecule has 0 aromatic heterocycles. The molecule has 0 aliphatic carbocycles. The summed E-state index contributed by atoms with van der Waals surface area (Å²) in [6.07, 6.45) is 2.67. The van der Waals surface area contributed by atoms with Crippen molar-refractivity contribution in [3.63, 3.8) is 0 Å². The van der Waals surface area contributed by atoms with Gasteiger partial charge in [-0.25, -0.2) is 0 Å². The predicted molar refractivity (Wildman–Crippen MR) is 111 cm³/mol. The standard InChI is InChI=1S/C24H29NO4/c26-23(28-22-13-16-27-18-22)17-25-14-11-21(12-15-25)29-24(19-7-3-1-4-8-19)20-9-5-2-6-10-20/h1-10,21-22,24H,11-18H2. The van der Waals surface area contributed by atoms with E-state index in [4.69, 9.17) is 14.2 Å². The van der Waals surface area contributed by atoms with E-state index in [1.807, 2.05) is 12.1 Å². The first kappa shape index (κ1) is 20.1. The lowest BCUT2D eigenvalue weighted by molar-refractivity contribution is -0.151. The Balaban J connectivity index is 1.31. The van der Waals surface area contributed by atoms with Crippen LogP contribution in [0.2, 0.25) is 0 Å². The van der Waals surface area contributed by atoms with Crippen LogP contribution in [0.3, 0.4) is 0 Å². The number of piperidine rings is 1. The normalized spacial score (nSPS) is 20.8. The third-order valence-corrected chi connectivity index (χ3v) is 5.61. The molecular formula is C24H29NO4. The minimum Gasteiger partial charge on any atom is -0.459 e. The minimum absolute atomic E-state index is 0.0683. The third-order valence-electron chi connectivity index (χ3n) is 5.61. The summed E-state index contributed by atoms with van der Waals surface area (Å²) in [5.74, 6) is -0.147. The fourth-order valence-corrected chi connectivity index (χ4v) is 4.01. The van der Waals surface area contributed by atoms with Crippen LogP contribution in [0.25, 0.3) is 0 Å². The predicted octanol–water partition coefficient (Wildman–Crippen LogP) is 3.59. The van der Waals surface area contributed by atoms with Crippen LogP contribution in [0.15, 0.2) is 60.7 Å². The van der Waals surface area contributed by atoms with E-state index in [9.17, 15) is 4.79 Å². The molecule has 29 heavy (non-hydrogen) atoms. The van der Waals surface area contributed by atoms with Gasteiger partial charge < -0.3 is 14.2 Å². The first-order valence-corrected chi connectivity index (χ1v) is 10.5. The van der Waals surface area contributed by atoms with Gasteiger partial charge in [-0.2, -0.15) is 0 Å². The molecule has 154 valence electrons. The molecule has 1 atom stereocenters. The van der Waals surface area contributed by atoms with Crippen molar-refractivity contribution in [2.45, 2.75) is 37.6 Å². The molecule has 2 saturated heterocycles. The number of benzene rings is 2. The molecule has 0 radical (unpaired) electrons. The summed E-state index contributed by atoms with van der Waals surface area (Å²) in [7, 11) is 0. The van der Waals surface area contributed by atoms with Crippen molar-refractivity contribution in [2.75, 3.05) is 32.8 Å². The van der Waals surface area contributed by atoms with Gasteiger partial charge in [0.1, 0.15) is 12.2 Å². The highest BCUT2D eigenvalue weighted by Crippen LogP contribution is 2.30. The first-order valence-electron chi connectivity index (χ1n) is 10.5. The van der Waals surface area contributed by atoms with Gasteiger partial charge >= 0.3 is 5.97 Å². The van der Waals surface area contributed by atoms with E-state index in [1.165, 1.54) is 11.1 Å². The number of likely N-dealkylation sites (tertiary alicyclic amines) is 1. The van der Waals surface area contributed by atoms with Crippen LogP contribution >= 0.6 is 0 Å². The fraction of sp³-hybridized carbons (Fsp3) is 0.458. The molecular weight excluding hydrogens is 366 g/mol. The summed E-state index contributed by atoms with van der Waals surface area (Å²) < 4.78 is 17.3. The zero-order valence-corrected chi connectivity index (χ0v) is 16.7. The Bertz CT molecular complexity index is 713. The van der Waals surface area contributed by atoms with Crippen molar-refractivity contribution < 1.29 is 19.0 Å². The maximum Gasteiger partial charge on any atom is 0.320 e. The molecule has 2 aliphatic heterocycles. The molecule has 2 aromatic rings. The molecule has 2 heterocycles. The van der Waals surface area contributed by atoms with Gasteiger partial charge in [0.2, 0.25) is 0 Å². The highest BCUT2D eigenvalue weighted by atomic mass is 16.6. The minimum atomic E-state index is -0.147. The van der Waals surface area contributed by atoms with Gasteiger partial charge in [0, 0.05) is 19.5 Å². The van der Waals surface area contributed by atoms with E-state index >= 15 is 0 Å². The van der Waals surface area contributed by atoms with E-state index in [2.05, 4.69) is 53.4 Å². The molecule has 5 heteroatoms. The molecule has 2 fully saturated rings. The zero-order chi connectivity index (χ0) is 19.9. The molecule has 0 N–H and O–H groups in total. The van der Waals surface area contributed by atoms with Crippen LogP contribution in [-0.4, -0.2) is 55.9 Å². The smallest absolute Gasteiger partial charge is 0.320 e. The molecule has 0 amide bonds. The maximum atomic E-state index is 12.1. The van der Waals surface area contributed by atoms with Gasteiger partial charge in [-0.05, 0) is 24.0 Å². The Morgan fingerprint density at radius 2 is 1.55 bits per heavy atom. The largest absolute Gasteiger partial charge is 0.459 e. The second kappa shape index (κ2) is 10.0. The number of ether oxygens (including phenoxy) is 3. The maximum absolute atomic E-state index is 12.1. The number of hydrogen-bond donors (Lipinski definition) is 0. The average molecular weight is 395 g/mol. The van der Waals surface area contributed by atoms with E-state index in [1.54, 1.807) is 0 Å². The van der Waals surface area contributed by atoms with Crippen LogP contribution < -0.4 is 0 Å². The van der Waals surface area contributed by atoms with Crippen LogP contribution in [-0.2, 0) is 19.0 Å². The lowest BCUT2D eigenvalue weighted by Gasteiger charge is -2.33. The summed E-state index contributed by atoms with van der Waals surface area (Å²) in [6.45, 7) is 3.26. The molecule has 2 aliphatic rings. The van der Waals surface area contributed by atoms with Crippen molar-refractivity contribution >= 4 is 5.97 Å². The summed E-state index contributed by atoms with van der Waals surface area (Å²) in [4.78, 5) is 14.3. The number of esters is 1. The van der Waals surface area contributed by atoms with Gasteiger partial charge in [0.25, 0.3) is 0 Å². The fourth-order valence-electron chi connectivity index (χ4n) is 4.01. The Kier molecular flexibility index (Phi) is 6.93. The van der Waals surface area contributed by atoms with Gasteiger partial charge in [-0.15, -0.1) is 0 Å². The summed E-state index contributed by atoms with van der Waals surface area (Å²) in [5.41, 5.74) is 2.34. The zero-order valence-electron chi connectivity index (χ0n) is 16.7. The van der Waals surface area contributed by atoms with Gasteiger partial charge in [0.05, 0.1) is 25.9 Å². The number of rotatable bonds is 7. The summed E-state index contributed by atoms with van der Waals surface area (Å²) >= 11 is 0. The van der Waals surface area contributed by atoms with Crippen molar-refractivity contribution in [1.82, 2.24) is 4.90 Å². The first-order chi connectivity index (χ1) is 14.3. The Morgan fingerprint density at radius 1 is 0.931 bits per heavy atom.